The molecular formula is C15H27N3O. The van der Waals surface area contributed by atoms with Gasteiger partial charge in [0.25, 0.3) is 0 Å². The number of aromatic nitrogens is 1. The standard InChI is InChI=1S/C15H27N3O/c1-4-7-13-19-15-10-8-9-14(17-15)16-11-12-18(5-2)6-3/h8-10H,4-7,11-13H2,1-3H3,(H,16,17). The highest BCUT2D eigenvalue weighted by Crippen LogP contribution is 2.11. The molecule has 0 saturated heterocycles. The number of ether oxygens (including phenoxy) is 1. The molecule has 0 bridgehead atoms. The van der Waals surface area contributed by atoms with Crippen molar-refractivity contribution in [2.24, 2.45) is 0 Å². The smallest absolute Gasteiger partial charge is 0.215 e. The van der Waals surface area contributed by atoms with E-state index in [2.05, 4.69) is 36.0 Å². The van der Waals surface area contributed by atoms with Crippen LogP contribution in [0.5, 0.6) is 5.88 Å². The van der Waals surface area contributed by atoms with E-state index in [-0.39, 0.29) is 0 Å². The lowest BCUT2D eigenvalue weighted by Gasteiger charge is -2.18. The molecule has 0 atom stereocenters. The molecule has 4 nitrogen and oxygen atoms in total. The van der Waals surface area contributed by atoms with Crippen LogP contribution >= 0.6 is 0 Å². The molecule has 1 aromatic heterocycles. The van der Waals surface area contributed by atoms with Crippen molar-refractivity contribution in [3.05, 3.63) is 18.2 Å². The van der Waals surface area contributed by atoms with E-state index in [9.17, 15) is 0 Å². The largest absolute Gasteiger partial charge is 0.478 e. The summed E-state index contributed by atoms with van der Waals surface area (Å²) in [6.45, 7) is 11.4. The van der Waals surface area contributed by atoms with Crippen LogP contribution < -0.4 is 10.1 Å². The van der Waals surface area contributed by atoms with E-state index in [0.717, 1.165) is 51.4 Å². The number of pyridine rings is 1. The number of hydrogen-bond acceptors (Lipinski definition) is 4. The molecular weight excluding hydrogens is 238 g/mol. The van der Waals surface area contributed by atoms with Gasteiger partial charge in [-0.05, 0) is 25.6 Å². The van der Waals surface area contributed by atoms with E-state index in [1.165, 1.54) is 0 Å². The van der Waals surface area contributed by atoms with E-state index in [1.54, 1.807) is 0 Å². The summed E-state index contributed by atoms with van der Waals surface area (Å²) in [5.41, 5.74) is 0. The van der Waals surface area contributed by atoms with Gasteiger partial charge in [0.2, 0.25) is 5.88 Å². The van der Waals surface area contributed by atoms with Gasteiger partial charge in [-0.2, -0.15) is 4.98 Å². The van der Waals surface area contributed by atoms with Crippen LogP contribution in [0.1, 0.15) is 33.6 Å². The van der Waals surface area contributed by atoms with Gasteiger partial charge < -0.3 is 15.0 Å². The van der Waals surface area contributed by atoms with Crippen molar-refractivity contribution in [1.29, 1.82) is 0 Å². The number of likely N-dealkylation sites (N-methyl/N-ethyl adjacent to an activating group) is 1. The van der Waals surface area contributed by atoms with Crippen molar-refractivity contribution in [3.8, 4) is 5.88 Å². The molecule has 0 fully saturated rings. The molecule has 0 saturated carbocycles. The predicted octanol–water partition coefficient (Wildman–Crippen LogP) is 3.01. The summed E-state index contributed by atoms with van der Waals surface area (Å²) in [6.07, 6.45) is 2.21. The maximum absolute atomic E-state index is 5.60. The van der Waals surface area contributed by atoms with Gasteiger partial charge in [-0.15, -0.1) is 0 Å². The van der Waals surface area contributed by atoms with E-state index < -0.39 is 0 Å². The molecule has 0 aliphatic carbocycles. The van der Waals surface area contributed by atoms with Gasteiger partial charge in [-0.3, -0.25) is 0 Å². The van der Waals surface area contributed by atoms with Crippen LogP contribution in [0.3, 0.4) is 0 Å². The molecule has 4 heteroatoms. The third-order valence-electron chi connectivity index (χ3n) is 3.10. The highest BCUT2D eigenvalue weighted by Gasteiger charge is 2.00. The molecule has 1 heterocycles. The number of rotatable bonds is 10. The maximum atomic E-state index is 5.60. The highest BCUT2D eigenvalue weighted by molar-refractivity contribution is 5.36. The van der Waals surface area contributed by atoms with Crippen molar-refractivity contribution >= 4 is 5.82 Å². The number of nitrogens with zero attached hydrogens (tertiary/aromatic N) is 2. The Morgan fingerprint density at radius 3 is 2.68 bits per heavy atom. The maximum Gasteiger partial charge on any atom is 0.215 e. The summed E-state index contributed by atoms with van der Waals surface area (Å²) in [4.78, 5) is 6.82. The fourth-order valence-electron chi connectivity index (χ4n) is 1.80. The Morgan fingerprint density at radius 2 is 2.00 bits per heavy atom. The number of hydrogen-bond donors (Lipinski definition) is 1. The zero-order chi connectivity index (χ0) is 13.9. The van der Waals surface area contributed by atoms with Crippen LogP contribution in [-0.2, 0) is 0 Å². The zero-order valence-electron chi connectivity index (χ0n) is 12.5. The Morgan fingerprint density at radius 1 is 1.21 bits per heavy atom. The molecule has 108 valence electrons. The minimum atomic E-state index is 0.710. The molecule has 0 unspecified atom stereocenters. The Balaban J connectivity index is 2.35. The molecule has 0 aromatic carbocycles. The first-order valence-electron chi connectivity index (χ1n) is 7.36. The van der Waals surface area contributed by atoms with Crippen LogP contribution in [0.25, 0.3) is 0 Å². The van der Waals surface area contributed by atoms with Gasteiger partial charge in [-0.1, -0.05) is 33.3 Å². The fourth-order valence-corrected chi connectivity index (χ4v) is 1.80. The minimum absolute atomic E-state index is 0.710. The molecule has 0 spiro atoms. The molecule has 0 amide bonds. The number of nitrogens with one attached hydrogen (secondary N) is 1. The Labute approximate surface area is 117 Å². The molecule has 1 rings (SSSR count). The molecule has 0 aliphatic heterocycles. The monoisotopic (exact) mass is 265 g/mol. The van der Waals surface area contributed by atoms with Gasteiger partial charge in [0.05, 0.1) is 6.61 Å². The Bertz CT molecular complexity index is 340. The van der Waals surface area contributed by atoms with Crippen LogP contribution in [0.2, 0.25) is 0 Å². The second kappa shape index (κ2) is 9.62. The SMILES string of the molecule is CCCCOc1cccc(NCCN(CC)CC)n1. The predicted molar refractivity (Wildman–Crippen MR) is 80.9 cm³/mol. The lowest BCUT2D eigenvalue weighted by molar-refractivity contribution is 0.298. The summed E-state index contributed by atoms with van der Waals surface area (Å²) in [5, 5.41) is 3.34. The number of anilines is 1. The molecule has 19 heavy (non-hydrogen) atoms. The second-order valence-electron chi connectivity index (χ2n) is 4.52. The first-order valence-corrected chi connectivity index (χ1v) is 7.36. The first-order chi connectivity index (χ1) is 9.30. The molecule has 1 aromatic rings. The van der Waals surface area contributed by atoms with Crippen molar-refractivity contribution < 1.29 is 4.74 Å². The average molecular weight is 265 g/mol. The molecule has 0 aliphatic rings. The Kier molecular flexibility index (Phi) is 7.98. The zero-order valence-corrected chi connectivity index (χ0v) is 12.5. The summed E-state index contributed by atoms with van der Waals surface area (Å²) < 4.78 is 5.60. The third kappa shape index (κ3) is 6.43. The summed E-state index contributed by atoms with van der Waals surface area (Å²) in [6, 6.07) is 5.87. The number of unbranched alkanes of at least 4 members (excludes halogenated alkanes) is 1. The highest BCUT2D eigenvalue weighted by atomic mass is 16.5. The van der Waals surface area contributed by atoms with E-state index in [1.807, 2.05) is 18.2 Å². The topological polar surface area (TPSA) is 37.4 Å². The quantitative estimate of drug-likeness (QED) is 0.660. The first kappa shape index (κ1) is 15.8. The minimum Gasteiger partial charge on any atom is -0.478 e. The summed E-state index contributed by atoms with van der Waals surface area (Å²) >= 11 is 0. The van der Waals surface area contributed by atoms with Gasteiger partial charge in [0.15, 0.2) is 0 Å². The van der Waals surface area contributed by atoms with Gasteiger partial charge in [-0.25, -0.2) is 0 Å². The van der Waals surface area contributed by atoms with E-state index in [4.69, 9.17) is 4.74 Å². The normalized spacial score (nSPS) is 10.7. The van der Waals surface area contributed by atoms with Crippen molar-refractivity contribution in [2.75, 3.05) is 38.1 Å². The van der Waals surface area contributed by atoms with Crippen molar-refractivity contribution in [3.63, 3.8) is 0 Å². The van der Waals surface area contributed by atoms with Gasteiger partial charge >= 0.3 is 0 Å². The lowest BCUT2D eigenvalue weighted by Crippen LogP contribution is -2.28. The third-order valence-corrected chi connectivity index (χ3v) is 3.10. The average Bonchev–Trinajstić information content (AvgIpc) is 2.44. The van der Waals surface area contributed by atoms with Gasteiger partial charge in [0.1, 0.15) is 5.82 Å². The van der Waals surface area contributed by atoms with Crippen molar-refractivity contribution in [2.45, 2.75) is 33.6 Å². The summed E-state index contributed by atoms with van der Waals surface area (Å²) in [5.74, 6) is 1.60. The van der Waals surface area contributed by atoms with Crippen LogP contribution in [0.4, 0.5) is 5.82 Å². The Hall–Kier alpha value is -1.29. The molecule has 0 radical (unpaired) electrons. The summed E-state index contributed by atoms with van der Waals surface area (Å²) in [7, 11) is 0. The van der Waals surface area contributed by atoms with Crippen LogP contribution in [0, 0.1) is 0 Å². The van der Waals surface area contributed by atoms with E-state index >= 15 is 0 Å². The van der Waals surface area contributed by atoms with E-state index in [0.29, 0.717) is 5.88 Å². The molecule has 1 N–H and O–H groups in total. The lowest BCUT2D eigenvalue weighted by atomic mass is 10.4. The van der Waals surface area contributed by atoms with Crippen LogP contribution in [0.15, 0.2) is 18.2 Å². The fraction of sp³-hybridized carbons (Fsp3) is 0.667. The van der Waals surface area contributed by atoms with Crippen molar-refractivity contribution in [1.82, 2.24) is 9.88 Å². The van der Waals surface area contributed by atoms with Gasteiger partial charge in [0, 0.05) is 19.2 Å². The van der Waals surface area contributed by atoms with Crippen LogP contribution in [-0.4, -0.2) is 42.7 Å². The second-order valence-corrected chi connectivity index (χ2v) is 4.52.